The van der Waals surface area contributed by atoms with Gasteiger partial charge in [0.25, 0.3) is 0 Å². The molecule has 1 unspecified atom stereocenters. The van der Waals surface area contributed by atoms with Gasteiger partial charge in [0.05, 0.1) is 41.2 Å². The van der Waals surface area contributed by atoms with Gasteiger partial charge in [0, 0.05) is 5.92 Å². The van der Waals surface area contributed by atoms with Crippen LogP contribution in [0.4, 0.5) is 0 Å². The molecule has 0 saturated carbocycles. The normalized spacial score (nSPS) is 13.2. The van der Waals surface area contributed by atoms with Crippen molar-refractivity contribution in [2.75, 3.05) is 34.8 Å². The van der Waals surface area contributed by atoms with Gasteiger partial charge in [-0.1, -0.05) is 13.8 Å². The summed E-state index contributed by atoms with van der Waals surface area (Å²) in [4.78, 5) is 11.3. The van der Waals surface area contributed by atoms with E-state index in [-0.39, 0.29) is 13.4 Å². The Bertz CT molecular complexity index is 195. The zero-order valence-electron chi connectivity index (χ0n) is 12.0. The molecule has 0 fully saturated rings. The highest BCUT2D eigenvalue weighted by Crippen LogP contribution is 2.18. The van der Waals surface area contributed by atoms with E-state index in [2.05, 4.69) is 35.0 Å². The van der Waals surface area contributed by atoms with E-state index in [1.54, 1.807) is 0 Å². The first-order valence-electron chi connectivity index (χ1n) is 5.62. The molecular formula is C13H29NO2. The third-order valence-electron chi connectivity index (χ3n) is 2.29. The molecule has 0 saturated heterocycles. The predicted molar refractivity (Wildman–Crippen MR) is 68.9 cm³/mol. The molecule has 0 radical (unpaired) electrons. The lowest BCUT2D eigenvalue weighted by Crippen LogP contribution is -2.40. The Morgan fingerprint density at radius 1 is 1.25 bits per heavy atom. The molecule has 0 rings (SSSR count). The van der Waals surface area contributed by atoms with Crippen LogP contribution in [0, 0.1) is 19.3 Å². The van der Waals surface area contributed by atoms with E-state index in [1.807, 2.05) is 0 Å². The highest BCUT2D eigenvalue weighted by molar-refractivity contribution is 5.69. The number of rotatable bonds is 6. The van der Waals surface area contributed by atoms with E-state index in [4.69, 9.17) is 4.74 Å². The minimum Gasteiger partial charge on any atom is -0.469 e. The van der Waals surface area contributed by atoms with Gasteiger partial charge in [0.1, 0.15) is 0 Å². The molecular weight excluding hydrogens is 202 g/mol. The monoisotopic (exact) mass is 231 g/mol. The van der Waals surface area contributed by atoms with Crippen LogP contribution in [0.25, 0.3) is 0 Å². The first-order valence-corrected chi connectivity index (χ1v) is 5.62. The second-order valence-corrected chi connectivity index (χ2v) is 5.75. The predicted octanol–water partition coefficient (Wildman–Crippen LogP) is 2.37. The smallest absolute Gasteiger partial charge is 0.306 e. The molecule has 16 heavy (non-hydrogen) atoms. The first kappa shape index (κ1) is 17.8. The lowest BCUT2D eigenvalue weighted by molar-refractivity contribution is -0.873. The zero-order valence-corrected chi connectivity index (χ0v) is 12.0. The second kappa shape index (κ2) is 7.66. The zero-order chi connectivity index (χ0) is 12.1. The van der Waals surface area contributed by atoms with Gasteiger partial charge < -0.3 is 16.6 Å². The average molecular weight is 231 g/mol. The van der Waals surface area contributed by atoms with Crippen LogP contribution in [0.15, 0.2) is 0 Å². The highest BCUT2D eigenvalue weighted by atomic mass is 16.5. The van der Waals surface area contributed by atoms with Gasteiger partial charge in [-0.3, -0.25) is 4.79 Å². The van der Waals surface area contributed by atoms with Crippen LogP contribution in [0.1, 0.15) is 26.7 Å². The van der Waals surface area contributed by atoms with Crippen LogP contribution >= 0.6 is 0 Å². The number of carbonyl (C=O) groups is 1. The molecule has 0 amide bonds. The van der Waals surface area contributed by atoms with Crippen LogP contribution < -0.4 is 0 Å². The summed E-state index contributed by atoms with van der Waals surface area (Å²) < 4.78 is 5.63. The standard InChI is InChI=1S/C12H26NO2.CH3/c1-10(2)7-11(8-12(14)15-6)9-13(3,4)5;/h10-11H,7-9H2,1-6H3;1H3/q+1;-1. The Balaban J connectivity index is 0. The van der Waals surface area contributed by atoms with Gasteiger partial charge in [0.2, 0.25) is 0 Å². The van der Waals surface area contributed by atoms with E-state index in [0.29, 0.717) is 18.3 Å². The highest BCUT2D eigenvalue weighted by Gasteiger charge is 2.22. The molecule has 0 aromatic carbocycles. The van der Waals surface area contributed by atoms with Crippen molar-refractivity contribution in [1.29, 1.82) is 0 Å². The fourth-order valence-electron chi connectivity index (χ4n) is 1.98. The lowest BCUT2D eigenvalue weighted by Gasteiger charge is -2.29. The van der Waals surface area contributed by atoms with E-state index in [0.717, 1.165) is 17.4 Å². The van der Waals surface area contributed by atoms with Crippen molar-refractivity contribution >= 4 is 5.97 Å². The van der Waals surface area contributed by atoms with Crippen LogP contribution in [0.3, 0.4) is 0 Å². The fourth-order valence-corrected chi connectivity index (χ4v) is 1.98. The molecule has 0 aromatic rings. The molecule has 3 heteroatoms. The summed E-state index contributed by atoms with van der Waals surface area (Å²) in [6, 6.07) is 0. The van der Waals surface area contributed by atoms with Crippen LogP contribution in [-0.2, 0) is 9.53 Å². The van der Waals surface area contributed by atoms with Crippen LogP contribution in [-0.4, -0.2) is 45.2 Å². The Morgan fingerprint density at radius 2 is 1.75 bits per heavy atom. The van der Waals surface area contributed by atoms with E-state index in [9.17, 15) is 4.79 Å². The van der Waals surface area contributed by atoms with Gasteiger partial charge in [-0.05, 0) is 12.3 Å². The Labute approximate surface area is 101 Å². The molecule has 98 valence electrons. The fraction of sp³-hybridized carbons (Fsp3) is 0.846. The molecule has 1 atom stereocenters. The quantitative estimate of drug-likeness (QED) is 0.398. The Kier molecular flexibility index (Phi) is 8.53. The molecule has 0 spiro atoms. The third kappa shape index (κ3) is 9.97. The summed E-state index contributed by atoms with van der Waals surface area (Å²) in [5.41, 5.74) is 0. The van der Waals surface area contributed by atoms with Crippen LogP contribution in [0.5, 0.6) is 0 Å². The number of ether oxygens (including phenoxy) is 1. The van der Waals surface area contributed by atoms with Gasteiger partial charge >= 0.3 is 5.97 Å². The number of hydrogen-bond acceptors (Lipinski definition) is 2. The molecule has 0 N–H and O–H groups in total. The summed E-state index contributed by atoms with van der Waals surface area (Å²) in [5, 5.41) is 0. The number of esters is 1. The summed E-state index contributed by atoms with van der Waals surface area (Å²) in [7, 11) is 7.93. The SMILES string of the molecule is COC(=O)CC(CC(C)C)C[N+](C)(C)C.[CH3-]. The Hall–Kier alpha value is -0.570. The Morgan fingerprint density at radius 3 is 2.06 bits per heavy atom. The largest absolute Gasteiger partial charge is 0.469 e. The maximum absolute atomic E-state index is 11.3. The topological polar surface area (TPSA) is 26.3 Å². The minimum atomic E-state index is -0.0888. The van der Waals surface area contributed by atoms with Crippen molar-refractivity contribution in [2.24, 2.45) is 11.8 Å². The maximum atomic E-state index is 11.3. The number of methoxy groups -OCH3 is 1. The second-order valence-electron chi connectivity index (χ2n) is 5.75. The molecule has 0 aromatic heterocycles. The number of quaternary nitrogens is 1. The summed E-state index contributed by atoms with van der Waals surface area (Å²) in [5.74, 6) is 0.970. The van der Waals surface area contributed by atoms with Crippen molar-refractivity contribution < 1.29 is 14.0 Å². The summed E-state index contributed by atoms with van der Waals surface area (Å²) in [6.07, 6.45) is 1.63. The lowest BCUT2D eigenvalue weighted by atomic mass is 9.93. The van der Waals surface area contributed by atoms with Crippen molar-refractivity contribution in [3.05, 3.63) is 7.43 Å². The molecule has 3 nitrogen and oxygen atoms in total. The minimum absolute atomic E-state index is 0. The van der Waals surface area contributed by atoms with Crippen molar-refractivity contribution in [2.45, 2.75) is 26.7 Å². The molecule has 0 heterocycles. The van der Waals surface area contributed by atoms with Gasteiger partial charge in [-0.25, -0.2) is 0 Å². The van der Waals surface area contributed by atoms with Crippen molar-refractivity contribution in [3.63, 3.8) is 0 Å². The number of hydrogen-bond donors (Lipinski definition) is 0. The molecule has 0 bridgehead atoms. The van der Waals surface area contributed by atoms with Crippen LogP contribution in [0.2, 0.25) is 0 Å². The summed E-state index contributed by atoms with van der Waals surface area (Å²) >= 11 is 0. The maximum Gasteiger partial charge on any atom is 0.306 e. The third-order valence-corrected chi connectivity index (χ3v) is 2.29. The van der Waals surface area contributed by atoms with E-state index in [1.165, 1.54) is 7.11 Å². The average Bonchev–Trinajstić information content (AvgIpc) is 1.99. The van der Waals surface area contributed by atoms with Gasteiger partial charge in [0.15, 0.2) is 0 Å². The van der Waals surface area contributed by atoms with Gasteiger partial charge in [-0.15, -0.1) is 0 Å². The number of carbonyl (C=O) groups excluding carboxylic acids is 1. The summed E-state index contributed by atoms with van der Waals surface area (Å²) in [6.45, 7) is 5.41. The number of nitrogens with zero attached hydrogens (tertiary/aromatic N) is 1. The van der Waals surface area contributed by atoms with E-state index < -0.39 is 0 Å². The van der Waals surface area contributed by atoms with Gasteiger partial charge in [-0.2, -0.15) is 0 Å². The van der Waals surface area contributed by atoms with E-state index >= 15 is 0 Å². The van der Waals surface area contributed by atoms with Crippen molar-refractivity contribution in [3.8, 4) is 0 Å². The molecule has 0 aliphatic heterocycles. The molecule has 0 aliphatic carbocycles. The molecule has 0 aliphatic rings. The first-order chi connectivity index (χ1) is 6.74. The van der Waals surface area contributed by atoms with Crippen molar-refractivity contribution in [1.82, 2.24) is 0 Å².